The van der Waals surface area contributed by atoms with Gasteiger partial charge >= 0.3 is 0 Å². The highest BCUT2D eigenvalue weighted by atomic mass is 35.5. The predicted molar refractivity (Wildman–Crippen MR) is 79.6 cm³/mol. The average molecular weight is 312 g/mol. The predicted octanol–water partition coefficient (Wildman–Crippen LogP) is 1.39. The molecule has 0 spiro atoms. The third-order valence-electron chi connectivity index (χ3n) is 3.99. The van der Waals surface area contributed by atoms with Crippen LogP contribution in [0.25, 0.3) is 0 Å². The fourth-order valence-electron chi connectivity index (χ4n) is 2.80. The maximum absolute atomic E-state index is 12.3. The van der Waals surface area contributed by atoms with Gasteiger partial charge in [-0.1, -0.05) is 12.8 Å². The van der Waals surface area contributed by atoms with E-state index in [1.807, 2.05) is 0 Å². The zero-order valence-electron chi connectivity index (χ0n) is 11.4. The lowest BCUT2D eigenvalue weighted by atomic mass is 9.93. The Hall–Kier alpha value is 0.120. The molecule has 0 atom stereocenters. The van der Waals surface area contributed by atoms with E-state index in [9.17, 15) is 8.42 Å². The Balaban J connectivity index is 0.00000180. The summed E-state index contributed by atoms with van der Waals surface area (Å²) >= 11 is 0. The van der Waals surface area contributed by atoms with E-state index in [0.717, 1.165) is 51.4 Å². The number of hydrogen-bond acceptors (Lipinski definition) is 3. The van der Waals surface area contributed by atoms with Crippen LogP contribution in [0.15, 0.2) is 0 Å². The van der Waals surface area contributed by atoms with E-state index < -0.39 is 10.2 Å². The first-order chi connectivity index (χ1) is 8.58. The maximum atomic E-state index is 12.3. The van der Waals surface area contributed by atoms with Crippen LogP contribution in [0.1, 0.15) is 51.4 Å². The van der Waals surface area contributed by atoms with Gasteiger partial charge in [0, 0.05) is 25.2 Å². The highest BCUT2D eigenvalue weighted by Gasteiger charge is 2.27. The molecule has 2 fully saturated rings. The van der Waals surface area contributed by atoms with Crippen LogP contribution in [0.5, 0.6) is 0 Å². The van der Waals surface area contributed by atoms with Crippen molar-refractivity contribution in [3.63, 3.8) is 0 Å². The molecule has 0 amide bonds. The van der Waals surface area contributed by atoms with E-state index in [1.165, 1.54) is 0 Å². The van der Waals surface area contributed by atoms with Gasteiger partial charge in [-0.2, -0.15) is 17.4 Å². The molecule has 1 saturated carbocycles. The molecular formula is C12H26ClN3O2S. The van der Waals surface area contributed by atoms with E-state index in [2.05, 4.69) is 4.72 Å². The van der Waals surface area contributed by atoms with Crippen molar-refractivity contribution < 1.29 is 8.42 Å². The largest absolute Gasteiger partial charge is 0.328 e. The van der Waals surface area contributed by atoms with Crippen molar-refractivity contribution in [1.29, 1.82) is 0 Å². The quantitative estimate of drug-likeness (QED) is 0.827. The minimum atomic E-state index is -3.28. The third kappa shape index (κ3) is 5.19. The summed E-state index contributed by atoms with van der Waals surface area (Å²) in [7, 11) is -3.28. The Labute approximate surface area is 122 Å². The summed E-state index contributed by atoms with van der Waals surface area (Å²) in [5, 5.41) is 0. The lowest BCUT2D eigenvalue weighted by Gasteiger charge is -2.29. The lowest BCUT2D eigenvalue weighted by molar-refractivity contribution is 0.355. The second-order valence-corrected chi connectivity index (χ2v) is 7.25. The molecule has 0 aromatic rings. The van der Waals surface area contributed by atoms with E-state index in [4.69, 9.17) is 5.73 Å². The Morgan fingerprint density at radius 2 is 1.47 bits per heavy atom. The summed E-state index contributed by atoms with van der Waals surface area (Å²) in [4.78, 5) is 0. The zero-order chi connectivity index (χ0) is 13.0. The minimum Gasteiger partial charge on any atom is -0.328 e. The molecule has 0 aromatic heterocycles. The van der Waals surface area contributed by atoms with Crippen molar-refractivity contribution in [2.24, 2.45) is 5.73 Å². The first-order valence-electron chi connectivity index (χ1n) is 7.11. The van der Waals surface area contributed by atoms with Gasteiger partial charge < -0.3 is 5.73 Å². The summed E-state index contributed by atoms with van der Waals surface area (Å²) in [6.45, 7) is 1.34. The van der Waals surface area contributed by atoms with Crippen LogP contribution in [0.2, 0.25) is 0 Å². The molecular weight excluding hydrogens is 286 g/mol. The Bertz CT molecular complexity index is 348. The number of rotatable bonds is 3. The topological polar surface area (TPSA) is 75.4 Å². The van der Waals surface area contributed by atoms with Crippen LogP contribution in [-0.4, -0.2) is 37.9 Å². The molecule has 1 aliphatic carbocycles. The molecule has 19 heavy (non-hydrogen) atoms. The van der Waals surface area contributed by atoms with E-state index in [1.54, 1.807) is 4.31 Å². The standard InChI is InChI=1S/C12H25N3O2S.ClH/c13-11-5-7-12(8-6-11)14-18(16,17)15-9-3-1-2-4-10-15;/h11-12,14H,1-10,13H2;1H. The number of halogens is 1. The van der Waals surface area contributed by atoms with Crippen molar-refractivity contribution in [1.82, 2.24) is 9.03 Å². The number of nitrogens with one attached hydrogen (secondary N) is 1. The lowest BCUT2D eigenvalue weighted by Crippen LogP contribution is -2.47. The molecule has 1 saturated heterocycles. The molecule has 2 aliphatic rings. The molecule has 0 radical (unpaired) electrons. The molecule has 3 N–H and O–H groups in total. The highest BCUT2D eigenvalue weighted by molar-refractivity contribution is 7.87. The summed E-state index contributed by atoms with van der Waals surface area (Å²) < 4.78 is 29.0. The Morgan fingerprint density at radius 3 is 2.00 bits per heavy atom. The summed E-state index contributed by atoms with van der Waals surface area (Å²) in [6, 6.07) is 0.335. The van der Waals surface area contributed by atoms with Gasteiger partial charge in [0.15, 0.2) is 0 Å². The van der Waals surface area contributed by atoms with Gasteiger partial charge in [-0.25, -0.2) is 0 Å². The van der Waals surface area contributed by atoms with Crippen molar-refractivity contribution in [3.8, 4) is 0 Å². The molecule has 5 nitrogen and oxygen atoms in total. The molecule has 7 heteroatoms. The summed E-state index contributed by atoms with van der Waals surface area (Å²) in [5.41, 5.74) is 5.84. The molecule has 1 aliphatic heterocycles. The van der Waals surface area contributed by atoms with Gasteiger partial charge in [-0.15, -0.1) is 12.4 Å². The number of hydrogen-bond donors (Lipinski definition) is 2. The third-order valence-corrected chi connectivity index (χ3v) is 5.67. The van der Waals surface area contributed by atoms with Gasteiger partial charge in [0.05, 0.1) is 0 Å². The van der Waals surface area contributed by atoms with Crippen molar-refractivity contribution >= 4 is 22.6 Å². The van der Waals surface area contributed by atoms with Crippen molar-refractivity contribution in [3.05, 3.63) is 0 Å². The van der Waals surface area contributed by atoms with E-state index in [-0.39, 0.29) is 24.5 Å². The van der Waals surface area contributed by atoms with E-state index in [0.29, 0.717) is 13.1 Å². The first-order valence-corrected chi connectivity index (χ1v) is 8.55. The molecule has 2 rings (SSSR count). The molecule has 0 bridgehead atoms. The van der Waals surface area contributed by atoms with Crippen LogP contribution in [0.4, 0.5) is 0 Å². The second-order valence-electron chi connectivity index (χ2n) is 5.55. The monoisotopic (exact) mass is 311 g/mol. The van der Waals surface area contributed by atoms with Crippen LogP contribution >= 0.6 is 12.4 Å². The van der Waals surface area contributed by atoms with Crippen LogP contribution in [-0.2, 0) is 10.2 Å². The SMILES string of the molecule is Cl.NC1CCC(NS(=O)(=O)N2CCCCCC2)CC1. The minimum absolute atomic E-state index is 0. The summed E-state index contributed by atoms with van der Waals surface area (Å²) in [5.74, 6) is 0. The molecule has 1 heterocycles. The average Bonchev–Trinajstić information content (AvgIpc) is 2.61. The van der Waals surface area contributed by atoms with Crippen LogP contribution < -0.4 is 10.5 Å². The van der Waals surface area contributed by atoms with Gasteiger partial charge in [0.1, 0.15) is 0 Å². The van der Waals surface area contributed by atoms with Gasteiger partial charge in [0.2, 0.25) is 0 Å². The number of nitrogens with two attached hydrogens (primary N) is 1. The zero-order valence-corrected chi connectivity index (χ0v) is 13.0. The number of nitrogens with zero attached hydrogens (tertiary/aromatic N) is 1. The fourth-order valence-corrected chi connectivity index (χ4v) is 4.35. The smallest absolute Gasteiger partial charge is 0.279 e. The molecule has 0 aromatic carbocycles. The maximum Gasteiger partial charge on any atom is 0.279 e. The summed E-state index contributed by atoms with van der Waals surface area (Å²) in [6.07, 6.45) is 7.84. The van der Waals surface area contributed by atoms with Gasteiger partial charge in [-0.3, -0.25) is 0 Å². The fraction of sp³-hybridized carbons (Fsp3) is 1.00. The van der Waals surface area contributed by atoms with Gasteiger partial charge in [-0.05, 0) is 38.5 Å². The Morgan fingerprint density at radius 1 is 0.947 bits per heavy atom. The van der Waals surface area contributed by atoms with Crippen molar-refractivity contribution in [2.45, 2.75) is 63.5 Å². The normalized spacial score (nSPS) is 30.4. The van der Waals surface area contributed by atoms with Crippen LogP contribution in [0, 0.1) is 0 Å². The molecule has 114 valence electrons. The van der Waals surface area contributed by atoms with Crippen molar-refractivity contribution in [2.75, 3.05) is 13.1 Å². The Kier molecular flexibility index (Phi) is 7.04. The first kappa shape index (κ1) is 17.2. The second kappa shape index (κ2) is 7.78. The molecule has 0 unspecified atom stereocenters. The van der Waals surface area contributed by atoms with Crippen LogP contribution in [0.3, 0.4) is 0 Å². The van der Waals surface area contributed by atoms with Gasteiger partial charge in [0.25, 0.3) is 10.2 Å². The highest BCUT2D eigenvalue weighted by Crippen LogP contribution is 2.19. The van der Waals surface area contributed by atoms with E-state index >= 15 is 0 Å².